The summed E-state index contributed by atoms with van der Waals surface area (Å²) in [5.74, 6) is -18.6. The first kappa shape index (κ1) is 27.6. The molecule has 178 valence electrons. The van der Waals surface area contributed by atoms with Gasteiger partial charge in [-0.15, -0.1) is 11.6 Å². The fourth-order valence-corrected chi connectivity index (χ4v) is 3.20. The van der Waals surface area contributed by atoms with Crippen molar-refractivity contribution in [1.82, 2.24) is 0 Å². The summed E-state index contributed by atoms with van der Waals surface area (Å²) in [6, 6.07) is 7.48. The molecule has 0 aliphatic heterocycles. The van der Waals surface area contributed by atoms with Crippen LogP contribution in [0.15, 0.2) is 30.3 Å². The summed E-state index contributed by atoms with van der Waals surface area (Å²) in [5, 5.41) is 0. The van der Waals surface area contributed by atoms with Crippen LogP contribution in [0.5, 0.6) is 0 Å². The molecule has 0 heterocycles. The molecule has 0 fully saturated rings. The number of carbonyl (C=O) groups excluding carboxylic acids is 1. The molecule has 0 unspecified atom stereocenters. The summed E-state index contributed by atoms with van der Waals surface area (Å²) in [6.45, 7) is -0.719. The van der Waals surface area contributed by atoms with Crippen molar-refractivity contribution in [3.05, 3.63) is 35.9 Å². The molecule has 31 heavy (non-hydrogen) atoms. The lowest BCUT2D eigenvalue weighted by Gasteiger charge is -2.31. The lowest BCUT2D eigenvalue weighted by atomic mass is 9.98. The molecular weight excluding hydrogens is 446 g/mol. The van der Waals surface area contributed by atoms with Gasteiger partial charge in [0.15, 0.2) is 0 Å². The number of rotatable bonds is 16. The van der Waals surface area contributed by atoms with Gasteiger partial charge in [-0.05, 0) is 18.4 Å². The molecule has 0 saturated carbocycles. The van der Waals surface area contributed by atoms with E-state index in [0.29, 0.717) is 12.3 Å². The first-order valence-electron chi connectivity index (χ1n) is 10.5. The van der Waals surface area contributed by atoms with Crippen LogP contribution in [0.4, 0.5) is 26.3 Å². The van der Waals surface area contributed by atoms with Crippen molar-refractivity contribution in [2.24, 2.45) is 0 Å². The summed E-state index contributed by atoms with van der Waals surface area (Å²) in [5.41, 5.74) is 0.265. The molecule has 0 N–H and O–H groups in total. The summed E-state index contributed by atoms with van der Waals surface area (Å²) in [7, 11) is 0. The van der Waals surface area contributed by atoms with Crippen LogP contribution in [0, 0.1) is 0 Å². The predicted molar refractivity (Wildman–Crippen MR) is 108 cm³/mol. The van der Waals surface area contributed by atoms with Crippen LogP contribution in [0.25, 0.3) is 0 Å². The van der Waals surface area contributed by atoms with E-state index in [2.05, 4.69) is 4.74 Å². The van der Waals surface area contributed by atoms with E-state index < -0.39 is 36.8 Å². The second-order valence-electron chi connectivity index (χ2n) is 7.54. The molecule has 0 atom stereocenters. The van der Waals surface area contributed by atoms with Gasteiger partial charge in [-0.3, -0.25) is 0 Å². The smallest absolute Gasteiger partial charge is 0.410 e. The summed E-state index contributed by atoms with van der Waals surface area (Å²) in [6.07, 6.45) is 4.59. The van der Waals surface area contributed by atoms with Gasteiger partial charge in [0, 0.05) is 12.3 Å². The first-order valence-corrected chi connectivity index (χ1v) is 11.0. The van der Waals surface area contributed by atoms with Crippen LogP contribution in [0.3, 0.4) is 0 Å². The molecular formula is C22H29ClF6O2. The fraction of sp³-hybridized carbons (Fsp3) is 0.682. The van der Waals surface area contributed by atoms with E-state index in [9.17, 15) is 31.1 Å². The molecule has 0 radical (unpaired) electrons. The van der Waals surface area contributed by atoms with Gasteiger partial charge in [-0.2, -0.15) is 26.3 Å². The summed E-state index contributed by atoms with van der Waals surface area (Å²) < 4.78 is 87.6. The highest BCUT2D eigenvalue weighted by Crippen LogP contribution is 2.48. The number of hydrogen-bond donors (Lipinski definition) is 0. The summed E-state index contributed by atoms with van der Waals surface area (Å²) in [4.78, 5) is 11.5. The number of esters is 1. The molecule has 0 aliphatic rings. The molecule has 0 spiro atoms. The van der Waals surface area contributed by atoms with E-state index in [-0.39, 0.29) is 18.4 Å². The number of ether oxygens (including phenoxy) is 1. The lowest BCUT2D eigenvalue weighted by Crippen LogP contribution is -2.58. The van der Waals surface area contributed by atoms with Crippen LogP contribution in [0.2, 0.25) is 0 Å². The molecule has 2 nitrogen and oxygen atoms in total. The van der Waals surface area contributed by atoms with Crippen LogP contribution >= 0.6 is 11.6 Å². The highest BCUT2D eigenvalue weighted by Gasteiger charge is 2.75. The third-order valence-corrected chi connectivity index (χ3v) is 5.21. The Kier molecular flexibility index (Phi) is 11.7. The van der Waals surface area contributed by atoms with Gasteiger partial charge in [0.1, 0.15) is 6.61 Å². The Morgan fingerprint density at radius 3 is 1.77 bits per heavy atom. The minimum Gasteiger partial charge on any atom is -0.456 e. The van der Waals surface area contributed by atoms with Gasteiger partial charge in [0.25, 0.3) is 0 Å². The third-order valence-electron chi connectivity index (χ3n) is 4.95. The monoisotopic (exact) mass is 474 g/mol. The average molecular weight is 475 g/mol. The third kappa shape index (κ3) is 8.54. The zero-order chi connectivity index (χ0) is 23.4. The van der Waals surface area contributed by atoms with Crippen molar-refractivity contribution in [3.63, 3.8) is 0 Å². The van der Waals surface area contributed by atoms with Crippen LogP contribution < -0.4 is 0 Å². The van der Waals surface area contributed by atoms with Gasteiger partial charge in [0.2, 0.25) is 0 Å². The van der Waals surface area contributed by atoms with Crippen LogP contribution in [0.1, 0.15) is 69.8 Å². The second-order valence-corrected chi connectivity index (χ2v) is 7.91. The van der Waals surface area contributed by atoms with E-state index >= 15 is 0 Å². The number of carbonyl (C=O) groups is 1. The Morgan fingerprint density at radius 1 is 0.774 bits per heavy atom. The number of halogens is 7. The Hall–Kier alpha value is -1.44. The Balaban J connectivity index is 2.44. The van der Waals surface area contributed by atoms with Gasteiger partial charge in [0.05, 0.1) is 0 Å². The van der Waals surface area contributed by atoms with Crippen molar-refractivity contribution in [1.29, 1.82) is 0 Å². The van der Waals surface area contributed by atoms with Crippen LogP contribution in [-0.2, 0) is 16.1 Å². The Bertz CT molecular complexity index is 640. The zero-order valence-corrected chi connectivity index (χ0v) is 18.1. The Labute approximate surface area is 184 Å². The minimum absolute atomic E-state index is 0.220. The molecule has 0 saturated heterocycles. The van der Waals surface area contributed by atoms with Crippen LogP contribution in [-0.4, -0.2) is 29.6 Å². The SMILES string of the molecule is O=C(OCc1ccccc1)C(F)(F)C(F)(F)C(F)(F)CCCCCCCCCCCCl. The second kappa shape index (κ2) is 13.2. The highest BCUT2D eigenvalue weighted by atomic mass is 35.5. The van der Waals surface area contributed by atoms with Crippen molar-refractivity contribution in [3.8, 4) is 0 Å². The fourth-order valence-electron chi connectivity index (χ4n) is 3.01. The van der Waals surface area contributed by atoms with E-state index in [1.54, 1.807) is 6.07 Å². The van der Waals surface area contributed by atoms with E-state index in [1.807, 2.05) is 0 Å². The minimum atomic E-state index is -5.85. The summed E-state index contributed by atoms with van der Waals surface area (Å²) >= 11 is 5.57. The zero-order valence-electron chi connectivity index (χ0n) is 17.3. The predicted octanol–water partition coefficient (Wildman–Crippen LogP) is 7.78. The van der Waals surface area contributed by atoms with E-state index in [4.69, 9.17) is 11.6 Å². The number of alkyl halides is 7. The topological polar surface area (TPSA) is 26.3 Å². The maximum absolute atomic E-state index is 13.9. The average Bonchev–Trinajstić information content (AvgIpc) is 2.73. The van der Waals surface area contributed by atoms with Gasteiger partial charge in [-0.25, -0.2) is 4.79 Å². The van der Waals surface area contributed by atoms with Gasteiger partial charge in [-0.1, -0.05) is 75.3 Å². The van der Waals surface area contributed by atoms with Gasteiger partial charge >= 0.3 is 23.7 Å². The number of hydrogen-bond acceptors (Lipinski definition) is 2. The quantitative estimate of drug-likeness (QED) is 0.106. The molecule has 9 heteroatoms. The van der Waals surface area contributed by atoms with Gasteiger partial charge < -0.3 is 4.74 Å². The standard InChI is InChI=1S/C22H29ClF6O2/c23-16-12-7-5-3-1-2-4-6-11-15-20(24,25)22(28,29)21(26,27)19(30)31-17-18-13-9-8-10-14-18/h8-10,13-14H,1-7,11-12,15-17H2. The van der Waals surface area contributed by atoms with E-state index in [0.717, 1.165) is 38.5 Å². The van der Waals surface area contributed by atoms with Crippen molar-refractivity contribution < 1.29 is 35.9 Å². The lowest BCUT2D eigenvalue weighted by molar-refractivity contribution is -0.307. The molecule has 0 aromatic heterocycles. The van der Waals surface area contributed by atoms with Crippen molar-refractivity contribution in [2.45, 2.75) is 88.6 Å². The molecule has 0 aliphatic carbocycles. The van der Waals surface area contributed by atoms with E-state index in [1.165, 1.54) is 24.3 Å². The molecule has 1 rings (SSSR count). The maximum Gasteiger partial charge on any atom is 0.410 e. The van der Waals surface area contributed by atoms with Crippen molar-refractivity contribution in [2.75, 3.05) is 5.88 Å². The first-order chi connectivity index (χ1) is 14.6. The maximum atomic E-state index is 13.9. The van der Waals surface area contributed by atoms with Crippen molar-refractivity contribution >= 4 is 17.6 Å². The molecule has 1 aromatic carbocycles. The number of benzene rings is 1. The molecule has 1 aromatic rings. The molecule has 0 bridgehead atoms. The number of unbranched alkanes of at least 4 members (excludes halogenated alkanes) is 8. The highest BCUT2D eigenvalue weighted by molar-refractivity contribution is 6.17. The normalized spacial score (nSPS) is 12.7. The largest absolute Gasteiger partial charge is 0.456 e. The Morgan fingerprint density at radius 2 is 1.26 bits per heavy atom. The molecule has 0 amide bonds.